The number of benzene rings is 1. The van der Waals surface area contributed by atoms with Gasteiger partial charge in [0.25, 0.3) is 5.91 Å². The molecule has 1 aromatic heterocycles. The van der Waals surface area contributed by atoms with Crippen molar-refractivity contribution in [3.8, 4) is 5.75 Å². The molecule has 1 fully saturated rings. The minimum Gasteiger partial charge on any atom is -0.495 e. The molecule has 8 heteroatoms. The molecule has 0 spiro atoms. The van der Waals surface area contributed by atoms with E-state index in [9.17, 15) is 9.59 Å². The van der Waals surface area contributed by atoms with Gasteiger partial charge < -0.3 is 14.8 Å². The molecule has 0 atom stereocenters. The van der Waals surface area contributed by atoms with Gasteiger partial charge in [-0.2, -0.15) is 0 Å². The van der Waals surface area contributed by atoms with E-state index in [-0.39, 0.29) is 28.5 Å². The Balaban J connectivity index is 1.78. The third-order valence-corrected chi connectivity index (χ3v) is 5.58. The number of rotatable bonds is 5. The molecule has 1 heterocycles. The number of halogens is 2. The maximum atomic E-state index is 12.2. The van der Waals surface area contributed by atoms with Crippen LogP contribution in [0.1, 0.15) is 22.5 Å². The summed E-state index contributed by atoms with van der Waals surface area (Å²) in [6, 6.07) is 3.64. The van der Waals surface area contributed by atoms with Gasteiger partial charge in [0.1, 0.15) is 15.6 Å². The number of hydrogen-bond donors (Lipinski definition) is 1. The van der Waals surface area contributed by atoms with Gasteiger partial charge in [0.05, 0.1) is 16.8 Å². The van der Waals surface area contributed by atoms with E-state index in [4.69, 9.17) is 32.7 Å². The molecule has 23 heavy (non-hydrogen) atoms. The van der Waals surface area contributed by atoms with Gasteiger partial charge in [-0.15, -0.1) is 11.3 Å². The van der Waals surface area contributed by atoms with Crippen LogP contribution in [0.25, 0.3) is 10.1 Å². The van der Waals surface area contributed by atoms with E-state index >= 15 is 0 Å². The van der Waals surface area contributed by atoms with Gasteiger partial charge in [-0.05, 0) is 25.0 Å². The summed E-state index contributed by atoms with van der Waals surface area (Å²) >= 11 is 13.6. The summed E-state index contributed by atoms with van der Waals surface area (Å²) in [5, 5.41) is 4.05. The van der Waals surface area contributed by atoms with Crippen LogP contribution in [0.5, 0.6) is 5.75 Å². The largest absolute Gasteiger partial charge is 0.495 e. The SMILES string of the molecule is COc1ccc2c(Cl)c(C(=O)OCC(=O)NC3CC3)sc2c1Cl. The number of esters is 1. The summed E-state index contributed by atoms with van der Waals surface area (Å²) < 4.78 is 10.8. The molecule has 1 saturated carbocycles. The van der Waals surface area contributed by atoms with E-state index in [2.05, 4.69) is 5.32 Å². The molecule has 122 valence electrons. The molecule has 1 aromatic carbocycles. The van der Waals surface area contributed by atoms with E-state index in [1.807, 2.05) is 0 Å². The van der Waals surface area contributed by atoms with Crippen molar-refractivity contribution in [2.45, 2.75) is 18.9 Å². The van der Waals surface area contributed by atoms with Crippen LogP contribution in [0.2, 0.25) is 10.0 Å². The maximum absolute atomic E-state index is 12.2. The Morgan fingerprint density at radius 2 is 2.04 bits per heavy atom. The number of amides is 1. The molecular weight excluding hydrogens is 361 g/mol. The fraction of sp³-hybridized carbons (Fsp3) is 0.333. The first-order valence-electron chi connectivity index (χ1n) is 6.92. The van der Waals surface area contributed by atoms with Crippen molar-refractivity contribution in [3.05, 3.63) is 27.1 Å². The highest BCUT2D eigenvalue weighted by Gasteiger charge is 2.25. The van der Waals surface area contributed by atoms with Gasteiger partial charge in [-0.25, -0.2) is 4.79 Å². The van der Waals surface area contributed by atoms with Gasteiger partial charge in [0.15, 0.2) is 6.61 Å². The Bertz CT molecular complexity index is 785. The molecule has 1 amide bonds. The molecule has 0 aliphatic heterocycles. The molecule has 0 unspecified atom stereocenters. The van der Waals surface area contributed by atoms with E-state index < -0.39 is 5.97 Å². The fourth-order valence-electron chi connectivity index (χ4n) is 2.06. The van der Waals surface area contributed by atoms with E-state index in [1.165, 1.54) is 7.11 Å². The lowest BCUT2D eigenvalue weighted by Gasteiger charge is -2.04. The van der Waals surface area contributed by atoms with Crippen molar-refractivity contribution in [1.29, 1.82) is 0 Å². The summed E-state index contributed by atoms with van der Waals surface area (Å²) in [5.41, 5.74) is 0. The van der Waals surface area contributed by atoms with Gasteiger partial charge in [0.2, 0.25) is 0 Å². The highest BCUT2D eigenvalue weighted by molar-refractivity contribution is 7.22. The molecule has 1 N–H and O–H groups in total. The molecule has 2 aromatic rings. The molecule has 0 saturated heterocycles. The summed E-state index contributed by atoms with van der Waals surface area (Å²) in [5.74, 6) is -0.448. The van der Waals surface area contributed by atoms with Gasteiger partial charge in [0, 0.05) is 11.4 Å². The van der Waals surface area contributed by atoms with Crippen molar-refractivity contribution >= 4 is 56.5 Å². The van der Waals surface area contributed by atoms with Gasteiger partial charge in [-0.1, -0.05) is 23.2 Å². The second-order valence-electron chi connectivity index (χ2n) is 5.12. The zero-order valence-corrected chi connectivity index (χ0v) is 14.5. The average molecular weight is 374 g/mol. The summed E-state index contributed by atoms with van der Waals surface area (Å²) in [4.78, 5) is 23.9. The summed E-state index contributed by atoms with van der Waals surface area (Å²) in [6.45, 7) is -0.322. The summed E-state index contributed by atoms with van der Waals surface area (Å²) in [7, 11) is 1.51. The van der Waals surface area contributed by atoms with Crippen LogP contribution < -0.4 is 10.1 Å². The summed E-state index contributed by atoms with van der Waals surface area (Å²) in [6.07, 6.45) is 1.95. The number of nitrogens with one attached hydrogen (secondary N) is 1. The zero-order valence-electron chi connectivity index (χ0n) is 12.2. The first-order chi connectivity index (χ1) is 11.0. The smallest absolute Gasteiger partial charge is 0.350 e. The Hall–Kier alpha value is -1.50. The van der Waals surface area contributed by atoms with Crippen LogP contribution >= 0.6 is 34.5 Å². The zero-order chi connectivity index (χ0) is 16.6. The topological polar surface area (TPSA) is 64.6 Å². The lowest BCUT2D eigenvalue weighted by molar-refractivity contribution is -0.124. The quantitative estimate of drug-likeness (QED) is 0.812. The number of fused-ring (bicyclic) bond motifs is 1. The highest BCUT2D eigenvalue weighted by atomic mass is 35.5. The predicted molar refractivity (Wildman–Crippen MR) is 89.8 cm³/mol. The van der Waals surface area contributed by atoms with Crippen LogP contribution in [0.15, 0.2) is 12.1 Å². The van der Waals surface area contributed by atoms with Crippen molar-refractivity contribution in [3.63, 3.8) is 0 Å². The molecule has 5 nitrogen and oxygen atoms in total. The van der Waals surface area contributed by atoms with Crippen LogP contribution in [-0.2, 0) is 9.53 Å². The maximum Gasteiger partial charge on any atom is 0.350 e. The van der Waals surface area contributed by atoms with Crippen molar-refractivity contribution in [2.24, 2.45) is 0 Å². The van der Waals surface area contributed by atoms with Crippen LogP contribution in [0, 0.1) is 0 Å². The monoisotopic (exact) mass is 373 g/mol. The number of ether oxygens (including phenoxy) is 2. The first kappa shape index (κ1) is 16.4. The molecular formula is C15H13Cl2NO4S. The molecule has 0 radical (unpaired) electrons. The van der Waals surface area contributed by atoms with Crippen LogP contribution in [0.4, 0.5) is 0 Å². The Morgan fingerprint density at radius 3 is 2.70 bits per heavy atom. The Morgan fingerprint density at radius 1 is 1.30 bits per heavy atom. The molecule has 0 bridgehead atoms. The molecule has 1 aliphatic carbocycles. The number of hydrogen-bond acceptors (Lipinski definition) is 5. The minimum atomic E-state index is -0.641. The third-order valence-electron chi connectivity index (χ3n) is 3.38. The highest BCUT2D eigenvalue weighted by Crippen LogP contribution is 2.43. The van der Waals surface area contributed by atoms with Crippen molar-refractivity contribution in [1.82, 2.24) is 5.32 Å². The van der Waals surface area contributed by atoms with Crippen molar-refractivity contribution in [2.75, 3.05) is 13.7 Å². The lowest BCUT2D eigenvalue weighted by atomic mass is 10.2. The number of methoxy groups -OCH3 is 1. The predicted octanol–water partition coefficient (Wildman–Crippen LogP) is 3.65. The van der Waals surface area contributed by atoms with Crippen LogP contribution in [-0.4, -0.2) is 31.6 Å². The van der Waals surface area contributed by atoms with E-state index in [1.54, 1.807) is 12.1 Å². The van der Waals surface area contributed by atoms with Gasteiger partial charge in [-0.3, -0.25) is 4.79 Å². The standard InChI is InChI=1S/C15H13Cl2NO4S/c1-21-9-5-4-8-11(16)14(23-13(8)12(9)17)15(20)22-6-10(19)18-7-2-3-7/h4-5,7H,2-3,6H2,1H3,(H,18,19). The minimum absolute atomic E-state index is 0.219. The van der Waals surface area contributed by atoms with Gasteiger partial charge >= 0.3 is 5.97 Å². The molecule has 1 aliphatic rings. The van der Waals surface area contributed by atoms with Crippen LogP contribution in [0.3, 0.4) is 0 Å². The fourth-order valence-corrected chi connectivity index (χ4v) is 3.84. The average Bonchev–Trinajstić information content (AvgIpc) is 3.28. The van der Waals surface area contributed by atoms with Crippen molar-refractivity contribution < 1.29 is 19.1 Å². The Kier molecular flexibility index (Phi) is 4.66. The van der Waals surface area contributed by atoms with E-state index in [0.717, 1.165) is 24.2 Å². The lowest BCUT2D eigenvalue weighted by Crippen LogP contribution is -2.30. The molecule has 3 rings (SSSR count). The Labute approximate surface area is 146 Å². The second kappa shape index (κ2) is 6.55. The number of carbonyl (C=O) groups excluding carboxylic acids is 2. The second-order valence-corrected chi connectivity index (χ2v) is 6.90. The number of carbonyl (C=O) groups is 2. The third kappa shape index (κ3) is 3.39. The first-order valence-corrected chi connectivity index (χ1v) is 8.49. The number of thiophene rings is 1. The normalized spacial score (nSPS) is 13.9. The van der Waals surface area contributed by atoms with E-state index in [0.29, 0.717) is 20.9 Å².